The van der Waals surface area contributed by atoms with Crippen LogP contribution in [-0.2, 0) is 0 Å². The lowest BCUT2D eigenvalue weighted by molar-refractivity contribution is 0.0935. The summed E-state index contributed by atoms with van der Waals surface area (Å²) >= 11 is 0. The summed E-state index contributed by atoms with van der Waals surface area (Å²) in [6.45, 7) is 2.01. The number of amides is 1. The van der Waals surface area contributed by atoms with Crippen LogP contribution in [0.15, 0.2) is 36.7 Å². The number of hydrogen-bond donors (Lipinski definition) is 1. The van der Waals surface area contributed by atoms with E-state index in [1.54, 1.807) is 12.1 Å². The average Bonchev–Trinajstić information content (AvgIpc) is 2.94. The van der Waals surface area contributed by atoms with Crippen LogP contribution in [0, 0.1) is 5.82 Å². The first-order valence-electron chi connectivity index (χ1n) is 6.45. The zero-order chi connectivity index (χ0) is 14.8. The first kappa shape index (κ1) is 13.4. The van der Waals surface area contributed by atoms with Gasteiger partial charge in [0.05, 0.1) is 17.8 Å². The van der Waals surface area contributed by atoms with Crippen LogP contribution in [0.1, 0.15) is 28.9 Å². The molecule has 1 atom stereocenters. The van der Waals surface area contributed by atoms with Crippen molar-refractivity contribution in [3.63, 3.8) is 0 Å². The molecular weight excluding hydrogens is 275 g/mol. The number of rotatable bonds is 3. The molecule has 0 radical (unpaired) electrons. The zero-order valence-corrected chi connectivity index (χ0v) is 11.3. The number of carbonyl (C=O) groups is 1. The summed E-state index contributed by atoms with van der Waals surface area (Å²) in [6.07, 6.45) is 2.39. The maximum Gasteiger partial charge on any atom is 0.254 e. The van der Waals surface area contributed by atoms with Gasteiger partial charge in [-0.05, 0) is 30.7 Å². The van der Waals surface area contributed by atoms with Gasteiger partial charge in [0, 0.05) is 6.20 Å². The lowest BCUT2D eigenvalue weighted by Crippen LogP contribution is -2.27. The lowest BCUT2D eigenvalue weighted by atomic mass is 10.1. The smallest absolute Gasteiger partial charge is 0.254 e. The Bertz CT molecular complexity index is 690. The fourth-order valence-corrected chi connectivity index (χ4v) is 2.10. The van der Waals surface area contributed by atoms with Crippen molar-refractivity contribution in [2.24, 2.45) is 0 Å². The average molecular weight is 288 g/mol. The van der Waals surface area contributed by atoms with E-state index in [1.165, 1.54) is 12.3 Å². The van der Waals surface area contributed by atoms with Crippen molar-refractivity contribution in [3.8, 4) is 11.5 Å². The molecule has 21 heavy (non-hydrogen) atoms. The van der Waals surface area contributed by atoms with E-state index in [0.717, 1.165) is 11.8 Å². The molecule has 5 nitrogen and oxygen atoms in total. The highest BCUT2D eigenvalue weighted by Crippen LogP contribution is 2.34. The molecule has 1 aromatic carbocycles. The van der Waals surface area contributed by atoms with E-state index in [2.05, 4.69) is 10.3 Å². The summed E-state index contributed by atoms with van der Waals surface area (Å²) in [6, 6.07) is 6.47. The van der Waals surface area contributed by atoms with E-state index in [4.69, 9.17) is 9.47 Å². The van der Waals surface area contributed by atoms with Gasteiger partial charge in [-0.1, -0.05) is 6.07 Å². The molecule has 2 aromatic rings. The second-order valence-electron chi connectivity index (χ2n) is 4.66. The minimum absolute atomic E-state index is 0.0300. The Balaban J connectivity index is 1.76. The zero-order valence-electron chi connectivity index (χ0n) is 11.3. The Hall–Kier alpha value is -2.63. The normalized spacial score (nSPS) is 13.8. The van der Waals surface area contributed by atoms with Gasteiger partial charge in [-0.15, -0.1) is 0 Å². The molecule has 1 amide bonds. The minimum atomic E-state index is -0.645. The summed E-state index contributed by atoms with van der Waals surface area (Å²) in [5.41, 5.74) is 0.819. The van der Waals surface area contributed by atoms with Crippen molar-refractivity contribution in [2.45, 2.75) is 13.0 Å². The van der Waals surface area contributed by atoms with Gasteiger partial charge in [0.2, 0.25) is 6.79 Å². The van der Waals surface area contributed by atoms with Crippen molar-refractivity contribution < 1.29 is 18.7 Å². The molecule has 2 heterocycles. The van der Waals surface area contributed by atoms with Gasteiger partial charge in [0.25, 0.3) is 5.91 Å². The van der Waals surface area contributed by atoms with Crippen molar-refractivity contribution >= 4 is 5.91 Å². The van der Waals surface area contributed by atoms with Crippen LogP contribution in [-0.4, -0.2) is 17.7 Å². The Labute approximate surface area is 120 Å². The largest absolute Gasteiger partial charge is 0.454 e. The highest BCUT2D eigenvalue weighted by molar-refractivity contribution is 5.94. The van der Waals surface area contributed by atoms with Gasteiger partial charge in [-0.2, -0.15) is 0 Å². The van der Waals surface area contributed by atoms with Crippen LogP contribution in [0.5, 0.6) is 11.5 Å². The third kappa shape index (κ3) is 2.65. The van der Waals surface area contributed by atoms with E-state index < -0.39 is 11.7 Å². The molecule has 1 unspecified atom stereocenters. The Morgan fingerprint density at radius 3 is 2.95 bits per heavy atom. The lowest BCUT2D eigenvalue weighted by Gasteiger charge is -2.15. The molecule has 0 spiro atoms. The second kappa shape index (κ2) is 5.40. The highest BCUT2D eigenvalue weighted by atomic mass is 19.1. The van der Waals surface area contributed by atoms with E-state index >= 15 is 0 Å². The predicted molar refractivity (Wildman–Crippen MR) is 72.6 cm³/mol. The number of nitrogens with one attached hydrogen (secondary N) is 1. The first-order chi connectivity index (χ1) is 10.1. The molecule has 1 aliphatic heterocycles. The van der Waals surface area contributed by atoms with Crippen LogP contribution in [0.25, 0.3) is 0 Å². The molecule has 1 N–H and O–H groups in total. The van der Waals surface area contributed by atoms with Gasteiger partial charge in [-0.3, -0.25) is 9.78 Å². The standard InChI is InChI=1S/C15H13FN2O3/c1-9(10-2-3-13-14(6-10)21-8-20-13)18-15(19)11-4-5-17-7-12(11)16/h2-7,9H,8H2,1H3,(H,18,19). The topological polar surface area (TPSA) is 60.5 Å². The number of ether oxygens (including phenoxy) is 2. The molecule has 6 heteroatoms. The predicted octanol–water partition coefficient (Wildman–Crippen LogP) is 2.44. The molecule has 0 bridgehead atoms. The van der Waals surface area contributed by atoms with Gasteiger partial charge < -0.3 is 14.8 Å². The second-order valence-corrected chi connectivity index (χ2v) is 4.66. The fourth-order valence-electron chi connectivity index (χ4n) is 2.10. The summed E-state index contributed by atoms with van der Waals surface area (Å²) in [7, 11) is 0. The molecule has 3 rings (SSSR count). The number of carbonyl (C=O) groups excluding carboxylic acids is 1. The summed E-state index contributed by atoms with van der Waals surface area (Å²) in [4.78, 5) is 15.7. The summed E-state index contributed by atoms with van der Waals surface area (Å²) < 4.78 is 24.0. The maximum absolute atomic E-state index is 13.5. The summed E-state index contributed by atoms with van der Waals surface area (Å²) in [5, 5.41) is 2.74. The third-order valence-electron chi connectivity index (χ3n) is 3.26. The number of benzene rings is 1. The number of nitrogens with zero attached hydrogens (tertiary/aromatic N) is 1. The summed E-state index contributed by atoms with van der Waals surface area (Å²) in [5.74, 6) is 0.189. The molecular formula is C15H13FN2O3. The SMILES string of the molecule is CC(NC(=O)c1ccncc1F)c1ccc2c(c1)OCO2. The fraction of sp³-hybridized carbons (Fsp3) is 0.200. The number of hydrogen-bond acceptors (Lipinski definition) is 4. The molecule has 0 saturated heterocycles. The molecule has 1 aromatic heterocycles. The Kier molecular flexibility index (Phi) is 3.43. The Morgan fingerprint density at radius 1 is 1.33 bits per heavy atom. The van der Waals surface area contributed by atoms with Gasteiger partial charge in [0.15, 0.2) is 17.3 Å². The quantitative estimate of drug-likeness (QED) is 0.942. The number of pyridine rings is 1. The van der Waals surface area contributed by atoms with E-state index in [-0.39, 0.29) is 18.4 Å². The number of fused-ring (bicyclic) bond motifs is 1. The van der Waals surface area contributed by atoms with E-state index in [0.29, 0.717) is 11.5 Å². The van der Waals surface area contributed by atoms with E-state index in [1.807, 2.05) is 13.0 Å². The van der Waals surface area contributed by atoms with Crippen molar-refractivity contribution in [1.82, 2.24) is 10.3 Å². The highest BCUT2D eigenvalue weighted by Gasteiger charge is 2.18. The molecule has 0 fully saturated rings. The molecule has 0 aliphatic carbocycles. The number of aromatic nitrogens is 1. The van der Waals surface area contributed by atoms with Gasteiger partial charge in [0.1, 0.15) is 0 Å². The van der Waals surface area contributed by atoms with Crippen LogP contribution in [0.3, 0.4) is 0 Å². The number of halogens is 1. The van der Waals surface area contributed by atoms with Crippen molar-refractivity contribution in [1.29, 1.82) is 0 Å². The molecule has 108 valence electrons. The van der Waals surface area contributed by atoms with Crippen molar-refractivity contribution in [2.75, 3.05) is 6.79 Å². The Morgan fingerprint density at radius 2 is 2.14 bits per heavy atom. The van der Waals surface area contributed by atoms with Crippen LogP contribution in [0.2, 0.25) is 0 Å². The van der Waals surface area contributed by atoms with Crippen LogP contribution in [0.4, 0.5) is 4.39 Å². The van der Waals surface area contributed by atoms with Crippen LogP contribution >= 0.6 is 0 Å². The van der Waals surface area contributed by atoms with E-state index in [9.17, 15) is 9.18 Å². The van der Waals surface area contributed by atoms with Crippen LogP contribution < -0.4 is 14.8 Å². The molecule has 0 saturated carbocycles. The third-order valence-corrected chi connectivity index (χ3v) is 3.26. The van der Waals surface area contributed by atoms with Crippen molar-refractivity contribution in [3.05, 3.63) is 53.6 Å². The first-order valence-corrected chi connectivity index (χ1v) is 6.45. The molecule has 1 aliphatic rings. The van der Waals surface area contributed by atoms with Gasteiger partial charge in [-0.25, -0.2) is 4.39 Å². The maximum atomic E-state index is 13.5. The monoisotopic (exact) mass is 288 g/mol. The van der Waals surface area contributed by atoms with Gasteiger partial charge >= 0.3 is 0 Å². The minimum Gasteiger partial charge on any atom is -0.454 e.